The van der Waals surface area contributed by atoms with Crippen molar-refractivity contribution in [3.63, 3.8) is 0 Å². The van der Waals surface area contributed by atoms with Gasteiger partial charge >= 0.3 is 0 Å². The zero-order valence-electron chi connectivity index (χ0n) is 14.5. The Morgan fingerprint density at radius 3 is 2.60 bits per heavy atom. The monoisotopic (exact) mass is 379 g/mol. The fraction of sp³-hybridized carbons (Fsp3) is 0.353. The molecular weight excluding hydrogens is 361 g/mol. The van der Waals surface area contributed by atoms with E-state index in [1.807, 2.05) is 24.6 Å². The van der Waals surface area contributed by atoms with Crippen LogP contribution in [0.25, 0.3) is 11.0 Å². The minimum Gasteiger partial charge on any atom is -0.618 e. The number of nitrogens with two attached hydrogens (primary N) is 1. The Kier molecular flexibility index (Phi) is 4.51. The highest BCUT2D eigenvalue weighted by molar-refractivity contribution is 6.34. The van der Waals surface area contributed by atoms with Crippen LogP contribution in [0.3, 0.4) is 0 Å². The number of aromatic nitrogens is 4. The maximum atomic E-state index is 12.4. The lowest BCUT2D eigenvalue weighted by Crippen LogP contribution is -2.34. The van der Waals surface area contributed by atoms with E-state index in [1.54, 1.807) is 0 Å². The lowest BCUT2D eigenvalue weighted by Gasteiger charge is -2.12. The summed E-state index contributed by atoms with van der Waals surface area (Å²) in [5.41, 5.74) is 9.43. The van der Waals surface area contributed by atoms with E-state index in [-0.39, 0.29) is 11.9 Å². The molecule has 25 heavy (non-hydrogen) atoms. The molecular formula is C17H19Cl2N5O. The molecule has 0 radical (unpaired) electrons. The molecule has 0 bridgehead atoms. The highest BCUT2D eigenvalue weighted by Gasteiger charge is 2.21. The van der Waals surface area contributed by atoms with E-state index in [2.05, 4.69) is 23.8 Å². The highest BCUT2D eigenvalue weighted by Crippen LogP contribution is 2.32. The average molecular weight is 380 g/mol. The Labute approximate surface area is 155 Å². The molecule has 0 spiro atoms. The average Bonchev–Trinajstić information content (AvgIpc) is 2.88. The number of aryl methyl sites for hydroxylation is 1. The summed E-state index contributed by atoms with van der Waals surface area (Å²) < 4.78 is 2.72. The molecule has 0 unspecified atom stereocenters. The van der Waals surface area contributed by atoms with Gasteiger partial charge in [0, 0.05) is 17.3 Å². The number of pyridine rings is 1. The van der Waals surface area contributed by atoms with Crippen LogP contribution in [-0.4, -0.2) is 14.5 Å². The molecule has 3 aromatic heterocycles. The largest absolute Gasteiger partial charge is 0.618 e. The molecule has 0 saturated heterocycles. The summed E-state index contributed by atoms with van der Waals surface area (Å²) in [6.07, 6.45) is 3.43. The zero-order chi connectivity index (χ0) is 18.5. The van der Waals surface area contributed by atoms with Crippen molar-refractivity contribution in [2.45, 2.75) is 40.2 Å². The van der Waals surface area contributed by atoms with Gasteiger partial charge in [-0.15, -0.1) is 0 Å². The smallest absolute Gasteiger partial charge is 0.223 e. The van der Waals surface area contributed by atoms with Crippen LogP contribution < -0.4 is 10.5 Å². The standard InChI is InChI=1S/C17H19Cl2N5O/c1-8(2)11-6-23(16-13(11)15(19)21-17(20)22-16)7-12-10(4)14(18)9(3)5-24(12)25/h5-6,8H,7H2,1-4H3,(H2,20,21,22). The number of rotatable bonds is 3. The van der Waals surface area contributed by atoms with E-state index in [0.717, 1.165) is 26.8 Å². The number of anilines is 1. The molecule has 2 N–H and O–H groups in total. The number of hydrogen-bond donors (Lipinski definition) is 1. The third-order valence-corrected chi connectivity index (χ3v) is 5.20. The van der Waals surface area contributed by atoms with Gasteiger partial charge in [0.15, 0.2) is 6.20 Å². The molecule has 0 aliphatic rings. The number of halogens is 2. The second-order valence-electron chi connectivity index (χ2n) is 6.46. The van der Waals surface area contributed by atoms with Crippen LogP contribution in [0.5, 0.6) is 0 Å². The summed E-state index contributed by atoms with van der Waals surface area (Å²) in [6.45, 7) is 8.08. The second-order valence-corrected chi connectivity index (χ2v) is 7.20. The Morgan fingerprint density at radius 1 is 1.28 bits per heavy atom. The molecule has 0 saturated carbocycles. The van der Waals surface area contributed by atoms with Crippen LogP contribution in [0.2, 0.25) is 10.2 Å². The third-order valence-electron chi connectivity index (χ3n) is 4.35. The molecule has 132 valence electrons. The van der Waals surface area contributed by atoms with E-state index in [0.29, 0.717) is 28.1 Å². The molecule has 3 aromatic rings. The minimum atomic E-state index is 0.0980. The van der Waals surface area contributed by atoms with Crippen LogP contribution in [0.15, 0.2) is 12.4 Å². The molecule has 0 aliphatic carbocycles. The number of nitrogens with zero attached hydrogens (tertiary/aromatic N) is 4. The van der Waals surface area contributed by atoms with Crippen molar-refractivity contribution in [3.05, 3.63) is 50.2 Å². The van der Waals surface area contributed by atoms with Gasteiger partial charge in [-0.2, -0.15) is 9.71 Å². The molecule has 0 amide bonds. The highest BCUT2D eigenvalue weighted by atomic mass is 35.5. The van der Waals surface area contributed by atoms with E-state index in [9.17, 15) is 5.21 Å². The summed E-state index contributed by atoms with van der Waals surface area (Å²) in [4.78, 5) is 8.39. The van der Waals surface area contributed by atoms with Crippen molar-refractivity contribution in [1.82, 2.24) is 14.5 Å². The predicted molar refractivity (Wildman–Crippen MR) is 100 cm³/mol. The SMILES string of the molecule is Cc1c[n+]([O-])c(Cn2cc(C(C)C)c3c(Cl)nc(N)nc32)c(C)c1Cl. The first-order valence-corrected chi connectivity index (χ1v) is 8.65. The second kappa shape index (κ2) is 6.35. The fourth-order valence-electron chi connectivity index (χ4n) is 2.99. The van der Waals surface area contributed by atoms with Crippen LogP contribution >= 0.6 is 23.2 Å². The summed E-state index contributed by atoms with van der Waals surface area (Å²) in [5.74, 6) is 0.316. The van der Waals surface area contributed by atoms with Gasteiger partial charge in [0.25, 0.3) is 0 Å². The Balaban J connectivity index is 2.23. The van der Waals surface area contributed by atoms with E-state index in [1.165, 1.54) is 6.20 Å². The zero-order valence-corrected chi connectivity index (χ0v) is 16.0. The van der Waals surface area contributed by atoms with Gasteiger partial charge in [-0.25, -0.2) is 4.98 Å². The van der Waals surface area contributed by atoms with Crippen molar-refractivity contribution in [2.75, 3.05) is 5.73 Å². The van der Waals surface area contributed by atoms with Crippen molar-refractivity contribution < 1.29 is 4.73 Å². The van der Waals surface area contributed by atoms with Gasteiger partial charge in [0.1, 0.15) is 17.3 Å². The summed E-state index contributed by atoms with van der Waals surface area (Å²) >= 11 is 12.6. The molecule has 3 rings (SSSR count). The van der Waals surface area contributed by atoms with Gasteiger partial charge in [-0.3, -0.25) is 0 Å². The predicted octanol–water partition coefficient (Wildman–Crippen LogP) is 3.74. The van der Waals surface area contributed by atoms with Crippen molar-refractivity contribution in [3.8, 4) is 0 Å². The summed E-state index contributed by atoms with van der Waals surface area (Å²) in [6, 6.07) is 0. The van der Waals surface area contributed by atoms with Crippen molar-refractivity contribution in [2.24, 2.45) is 0 Å². The number of hydrogen-bond acceptors (Lipinski definition) is 4. The van der Waals surface area contributed by atoms with Gasteiger partial charge in [-0.05, 0) is 25.3 Å². The van der Waals surface area contributed by atoms with E-state index in [4.69, 9.17) is 28.9 Å². The molecule has 3 heterocycles. The number of fused-ring (bicyclic) bond motifs is 1. The lowest BCUT2D eigenvalue weighted by molar-refractivity contribution is -0.615. The fourth-order valence-corrected chi connectivity index (χ4v) is 3.43. The van der Waals surface area contributed by atoms with Crippen molar-refractivity contribution in [1.29, 1.82) is 0 Å². The summed E-state index contributed by atoms with van der Waals surface area (Å²) in [5, 5.41) is 14.1. The first-order chi connectivity index (χ1) is 11.7. The molecule has 0 atom stereocenters. The maximum Gasteiger partial charge on any atom is 0.223 e. The maximum absolute atomic E-state index is 12.4. The Morgan fingerprint density at radius 2 is 1.96 bits per heavy atom. The molecule has 8 heteroatoms. The van der Waals surface area contributed by atoms with Gasteiger partial charge in [0.2, 0.25) is 11.6 Å². The first-order valence-electron chi connectivity index (χ1n) is 7.90. The Hall–Kier alpha value is -2.05. The molecule has 0 aliphatic heterocycles. The van der Waals surface area contributed by atoms with Crippen LogP contribution in [-0.2, 0) is 6.54 Å². The lowest BCUT2D eigenvalue weighted by atomic mass is 10.0. The Bertz CT molecular complexity index is 981. The van der Waals surface area contributed by atoms with E-state index >= 15 is 0 Å². The molecule has 0 fully saturated rings. The number of nitrogen functional groups attached to an aromatic ring is 1. The van der Waals surface area contributed by atoms with Crippen LogP contribution in [0.4, 0.5) is 5.95 Å². The third kappa shape index (κ3) is 3.00. The first kappa shape index (κ1) is 17.8. The molecule has 6 nitrogen and oxygen atoms in total. The van der Waals surface area contributed by atoms with Crippen LogP contribution in [0, 0.1) is 19.1 Å². The normalized spacial score (nSPS) is 11.6. The van der Waals surface area contributed by atoms with Crippen LogP contribution in [0.1, 0.15) is 42.1 Å². The topological polar surface area (TPSA) is 83.7 Å². The van der Waals surface area contributed by atoms with E-state index < -0.39 is 0 Å². The molecule has 0 aromatic carbocycles. The van der Waals surface area contributed by atoms with Gasteiger partial charge in [0.05, 0.1) is 10.4 Å². The minimum absolute atomic E-state index is 0.0980. The van der Waals surface area contributed by atoms with Crippen molar-refractivity contribution >= 4 is 40.2 Å². The summed E-state index contributed by atoms with van der Waals surface area (Å²) in [7, 11) is 0. The van der Waals surface area contributed by atoms with Gasteiger partial charge in [-0.1, -0.05) is 37.0 Å². The van der Waals surface area contributed by atoms with Gasteiger partial charge < -0.3 is 15.5 Å². The quantitative estimate of drug-likeness (QED) is 0.426.